The lowest BCUT2D eigenvalue weighted by Crippen LogP contribution is -2.03. The summed E-state index contributed by atoms with van der Waals surface area (Å²) in [5.74, 6) is 0.604. The van der Waals surface area contributed by atoms with E-state index in [0.29, 0.717) is 5.82 Å². The van der Waals surface area contributed by atoms with Crippen LogP contribution >= 0.6 is 0 Å². The van der Waals surface area contributed by atoms with Crippen LogP contribution < -0.4 is 0 Å². The van der Waals surface area contributed by atoms with Gasteiger partial charge < -0.3 is 18.3 Å². The lowest BCUT2D eigenvalue weighted by Gasteiger charge is -2.18. The van der Waals surface area contributed by atoms with E-state index in [1.807, 2.05) is 6.08 Å². The van der Waals surface area contributed by atoms with Gasteiger partial charge in [-0.15, -0.1) is 0 Å². The van der Waals surface area contributed by atoms with Crippen molar-refractivity contribution in [3.05, 3.63) is 297 Å². The van der Waals surface area contributed by atoms with Gasteiger partial charge in [0.05, 0.1) is 55.5 Å². The molecule has 12 aromatic carbocycles. The number of hydrogen-bond acceptors (Lipinski definition) is 2. The molecule has 17 aromatic rings. The van der Waals surface area contributed by atoms with E-state index in [1.54, 1.807) is 0 Å². The number of nitrogens with zero attached hydrogens (tertiary/aromatic N) is 6. The molecule has 0 bridgehead atoms. The first-order valence-electron chi connectivity index (χ1n) is 28.6. The van der Waals surface area contributed by atoms with Crippen LogP contribution in [0.2, 0.25) is 0 Å². The molecule has 0 atom stereocenters. The highest BCUT2D eigenvalue weighted by Gasteiger charge is 2.22. The topological polar surface area (TPSA) is 45.5 Å². The lowest BCUT2D eigenvalue weighted by atomic mass is 9.99. The van der Waals surface area contributed by atoms with Crippen LogP contribution in [0.15, 0.2) is 292 Å². The Morgan fingerprint density at radius 3 is 0.869 bits per heavy atom. The molecule has 0 aliphatic rings. The summed E-state index contributed by atoms with van der Waals surface area (Å²) in [7, 11) is 0. The summed E-state index contributed by atoms with van der Waals surface area (Å²) in [5, 5.41) is 9.56. The Labute approximate surface area is 483 Å². The van der Waals surface area contributed by atoms with Crippen LogP contribution in [0.25, 0.3) is 161 Å². The lowest BCUT2D eigenvalue weighted by molar-refractivity contribution is 1.12. The van der Waals surface area contributed by atoms with Crippen LogP contribution in [0.5, 0.6) is 0 Å². The third kappa shape index (κ3) is 7.44. The van der Waals surface area contributed by atoms with Crippen LogP contribution in [-0.4, -0.2) is 28.2 Å². The molecule has 0 spiro atoms. The third-order valence-corrected chi connectivity index (χ3v) is 17.1. The third-order valence-electron chi connectivity index (χ3n) is 17.1. The minimum Gasteiger partial charge on any atom is -0.309 e. The molecule has 392 valence electrons. The smallest absolute Gasteiger partial charge is 0.160 e. The summed E-state index contributed by atoms with van der Waals surface area (Å²) in [6.45, 7) is 4.09. The molecule has 84 heavy (non-hydrogen) atoms. The number of fused-ring (bicyclic) bond motifs is 12. The monoisotopic (exact) mass is 1070 g/mol. The van der Waals surface area contributed by atoms with E-state index in [1.165, 1.54) is 43.1 Å². The Hall–Kier alpha value is -11.3. The Balaban J connectivity index is 0.978. The highest BCUT2D eigenvalue weighted by atomic mass is 15.0. The number of benzene rings is 12. The van der Waals surface area contributed by atoms with Crippen molar-refractivity contribution < 1.29 is 0 Å². The molecule has 6 nitrogen and oxygen atoms in total. The summed E-state index contributed by atoms with van der Waals surface area (Å²) >= 11 is 0. The number of hydrogen-bond donors (Lipinski definition) is 0. The minimum absolute atomic E-state index is 0.604. The molecule has 0 fully saturated rings. The van der Waals surface area contributed by atoms with E-state index in [0.717, 1.165) is 112 Å². The predicted molar refractivity (Wildman–Crippen MR) is 351 cm³/mol. The average molecular weight is 1070 g/mol. The van der Waals surface area contributed by atoms with Gasteiger partial charge in [0.25, 0.3) is 0 Å². The molecule has 0 unspecified atom stereocenters. The molecule has 0 radical (unpaired) electrons. The van der Waals surface area contributed by atoms with Crippen molar-refractivity contribution >= 4 is 93.3 Å². The summed E-state index contributed by atoms with van der Waals surface area (Å²) in [6.07, 6.45) is 1.90. The Bertz CT molecular complexity index is 4780. The zero-order valence-electron chi connectivity index (χ0n) is 45.6. The Kier molecular flexibility index (Phi) is 10.7. The number of para-hydroxylation sites is 8. The molecule has 0 N–H and O–H groups in total. The van der Waals surface area contributed by atoms with E-state index >= 15 is 0 Å². The first-order valence-corrected chi connectivity index (χ1v) is 28.6. The molecule has 6 heteroatoms. The van der Waals surface area contributed by atoms with Crippen LogP contribution in [0.1, 0.15) is 5.56 Å². The standard InChI is InChI=1S/C78H50N6/c1-2-50-21-19-22-51(41-50)52-23-20-24-53(42-52)68-49-69(54-43-56(81-70-33-11-3-25-60(70)61-26-4-12-34-71(61)81)47-57(44-54)82-72-35-13-5-27-62(72)63-28-6-14-36-73(63)82)80-78(79-68)55-45-58(83-74-37-15-7-29-64(74)65-30-8-16-38-75(65)83)48-59(46-55)84-76-39-17-9-31-66(76)67-32-10-18-40-77(67)84/h2-49H,1H2. The van der Waals surface area contributed by atoms with Gasteiger partial charge in [-0.1, -0.05) is 195 Å². The quantitative estimate of drug-likeness (QED) is 0.145. The second-order valence-corrected chi connectivity index (χ2v) is 21.8. The molecule has 5 heterocycles. The summed E-state index contributed by atoms with van der Waals surface area (Å²) in [6, 6.07) is 103. The zero-order chi connectivity index (χ0) is 55.4. The normalized spacial score (nSPS) is 11.9. The van der Waals surface area contributed by atoms with Crippen LogP contribution in [0.4, 0.5) is 0 Å². The van der Waals surface area contributed by atoms with Crippen molar-refractivity contribution in [3.63, 3.8) is 0 Å². The zero-order valence-corrected chi connectivity index (χ0v) is 45.6. The fourth-order valence-electron chi connectivity index (χ4n) is 13.4. The minimum atomic E-state index is 0.604. The number of rotatable bonds is 9. The number of aromatic nitrogens is 6. The molecule has 0 amide bonds. The van der Waals surface area contributed by atoms with Crippen molar-refractivity contribution in [1.29, 1.82) is 0 Å². The summed E-state index contributed by atoms with van der Waals surface area (Å²) in [5.41, 5.74) is 20.7. The first-order chi connectivity index (χ1) is 41.6. The van der Waals surface area contributed by atoms with E-state index in [2.05, 4.69) is 310 Å². The Morgan fingerprint density at radius 2 is 0.524 bits per heavy atom. The summed E-state index contributed by atoms with van der Waals surface area (Å²) in [4.78, 5) is 11.5. The molecule has 0 saturated heterocycles. The van der Waals surface area contributed by atoms with Gasteiger partial charge in [0.1, 0.15) is 0 Å². The van der Waals surface area contributed by atoms with E-state index in [9.17, 15) is 0 Å². The Morgan fingerprint density at radius 1 is 0.238 bits per heavy atom. The first kappa shape index (κ1) is 47.5. The average Bonchev–Trinajstić information content (AvgIpc) is 2.52. The van der Waals surface area contributed by atoms with Crippen molar-refractivity contribution in [1.82, 2.24) is 28.2 Å². The molecular formula is C78H50N6. The fraction of sp³-hybridized carbons (Fsp3) is 0. The van der Waals surface area contributed by atoms with Crippen molar-refractivity contribution in [2.45, 2.75) is 0 Å². The van der Waals surface area contributed by atoms with Crippen LogP contribution in [-0.2, 0) is 0 Å². The highest BCUT2D eigenvalue weighted by molar-refractivity contribution is 6.13. The van der Waals surface area contributed by atoms with Gasteiger partial charge in [0, 0.05) is 82.5 Å². The van der Waals surface area contributed by atoms with E-state index in [-0.39, 0.29) is 0 Å². The molecule has 5 aromatic heterocycles. The van der Waals surface area contributed by atoms with Crippen LogP contribution in [0, 0.1) is 0 Å². The van der Waals surface area contributed by atoms with Gasteiger partial charge >= 0.3 is 0 Å². The SMILES string of the molecule is C=Cc1cccc(-c2cccc(-c3cc(-c4cc(-n5c6ccccc6c6ccccc65)cc(-n5c6ccccc6c6ccccc65)c4)nc(-c4cc(-n5c6ccccc6c6ccccc65)cc(-n5c6ccccc6c6ccccc65)c4)n3)c2)c1. The maximum atomic E-state index is 5.83. The highest BCUT2D eigenvalue weighted by Crippen LogP contribution is 2.42. The molecule has 0 aliphatic carbocycles. The van der Waals surface area contributed by atoms with Crippen LogP contribution in [0.3, 0.4) is 0 Å². The van der Waals surface area contributed by atoms with Gasteiger partial charge in [-0.3, -0.25) is 0 Å². The van der Waals surface area contributed by atoms with Gasteiger partial charge in [0.2, 0.25) is 0 Å². The second-order valence-electron chi connectivity index (χ2n) is 21.8. The van der Waals surface area contributed by atoms with E-state index < -0.39 is 0 Å². The molecule has 0 aliphatic heterocycles. The predicted octanol–water partition coefficient (Wildman–Crippen LogP) is 20.2. The van der Waals surface area contributed by atoms with Crippen molar-refractivity contribution in [2.75, 3.05) is 0 Å². The van der Waals surface area contributed by atoms with Gasteiger partial charge in [-0.25, -0.2) is 9.97 Å². The summed E-state index contributed by atoms with van der Waals surface area (Å²) < 4.78 is 9.65. The molecule has 0 saturated carbocycles. The van der Waals surface area contributed by atoms with Gasteiger partial charge in [-0.05, 0) is 120 Å². The maximum absolute atomic E-state index is 5.83. The van der Waals surface area contributed by atoms with Crippen molar-refractivity contribution in [2.24, 2.45) is 0 Å². The largest absolute Gasteiger partial charge is 0.309 e. The fourth-order valence-corrected chi connectivity index (χ4v) is 13.4. The molecule has 17 rings (SSSR count). The second kappa shape index (κ2) is 18.9. The van der Waals surface area contributed by atoms with Gasteiger partial charge in [-0.2, -0.15) is 0 Å². The van der Waals surface area contributed by atoms with Gasteiger partial charge in [0.15, 0.2) is 5.82 Å². The maximum Gasteiger partial charge on any atom is 0.160 e. The molecular weight excluding hydrogens is 1020 g/mol. The van der Waals surface area contributed by atoms with E-state index in [4.69, 9.17) is 9.97 Å². The van der Waals surface area contributed by atoms with Crippen molar-refractivity contribution in [3.8, 4) is 67.8 Å².